The molecule has 0 spiro atoms. The molecule has 0 atom stereocenters. The SMILES string of the molecule is Cc1c(-c2[nH]c3ccc(OCC4CCN(C(C)C)CC4)cc3c2C(C)C)cn2cnnc2c1C. The molecule has 1 aliphatic rings. The van der Waals surface area contributed by atoms with E-state index in [1.54, 1.807) is 6.33 Å². The third-order valence-electron chi connectivity index (χ3n) is 7.67. The van der Waals surface area contributed by atoms with Crippen LogP contribution in [0.25, 0.3) is 27.8 Å². The molecule has 0 unspecified atom stereocenters. The molecular formula is C28H37N5O. The number of pyridine rings is 1. The van der Waals surface area contributed by atoms with Crippen LogP contribution >= 0.6 is 0 Å². The number of ether oxygens (including phenoxy) is 1. The maximum absolute atomic E-state index is 6.34. The first-order valence-electron chi connectivity index (χ1n) is 12.7. The number of hydrogen-bond donors (Lipinski definition) is 1. The third-order valence-corrected chi connectivity index (χ3v) is 7.67. The van der Waals surface area contributed by atoms with Crippen molar-refractivity contribution in [3.8, 4) is 17.0 Å². The summed E-state index contributed by atoms with van der Waals surface area (Å²) in [5.74, 6) is 1.97. The number of nitrogens with zero attached hydrogens (tertiary/aromatic N) is 4. The molecule has 3 aromatic heterocycles. The van der Waals surface area contributed by atoms with Crippen LogP contribution < -0.4 is 4.74 Å². The second kappa shape index (κ2) is 9.06. The van der Waals surface area contributed by atoms with Crippen molar-refractivity contribution in [3.05, 3.63) is 47.4 Å². The normalized spacial score (nSPS) is 15.9. The highest BCUT2D eigenvalue weighted by atomic mass is 16.5. The molecule has 1 aromatic carbocycles. The predicted molar refractivity (Wildman–Crippen MR) is 139 cm³/mol. The van der Waals surface area contributed by atoms with Gasteiger partial charge in [0.15, 0.2) is 5.65 Å². The molecule has 0 amide bonds. The fraction of sp³-hybridized carbons (Fsp3) is 0.500. The van der Waals surface area contributed by atoms with Gasteiger partial charge in [0.1, 0.15) is 12.1 Å². The van der Waals surface area contributed by atoms with Crippen molar-refractivity contribution in [2.75, 3.05) is 19.7 Å². The van der Waals surface area contributed by atoms with Crippen molar-refractivity contribution in [2.45, 2.75) is 66.3 Å². The number of likely N-dealkylation sites (tertiary alicyclic amines) is 1. The maximum atomic E-state index is 6.34. The molecule has 34 heavy (non-hydrogen) atoms. The molecule has 4 heterocycles. The van der Waals surface area contributed by atoms with Crippen molar-refractivity contribution in [1.29, 1.82) is 0 Å². The molecule has 180 valence electrons. The molecule has 4 aromatic rings. The first-order chi connectivity index (χ1) is 16.3. The Kier molecular flexibility index (Phi) is 6.11. The monoisotopic (exact) mass is 459 g/mol. The number of aromatic amines is 1. The van der Waals surface area contributed by atoms with Gasteiger partial charge in [0.2, 0.25) is 0 Å². The number of nitrogens with one attached hydrogen (secondary N) is 1. The Balaban J connectivity index is 1.45. The van der Waals surface area contributed by atoms with Crippen LogP contribution in [-0.2, 0) is 0 Å². The summed E-state index contributed by atoms with van der Waals surface area (Å²) in [6, 6.07) is 7.14. The Bertz CT molecular complexity index is 1310. The molecule has 1 aliphatic heterocycles. The van der Waals surface area contributed by atoms with E-state index in [1.807, 2.05) is 4.40 Å². The van der Waals surface area contributed by atoms with Gasteiger partial charge in [-0.25, -0.2) is 0 Å². The zero-order chi connectivity index (χ0) is 24.0. The summed E-state index contributed by atoms with van der Waals surface area (Å²) >= 11 is 0. The lowest BCUT2D eigenvalue weighted by atomic mass is 9.94. The molecule has 0 radical (unpaired) electrons. The second-order valence-corrected chi connectivity index (χ2v) is 10.5. The van der Waals surface area contributed by atoms with E-state index in [1.165, 1.54) is 53.7 Å². The largest absolute Gasteiger partial charge is 0.493 e. The minimum Gasteiger partial charge on any atom is -0.493 e. The van der Waals surface area contributed by atoms with Gasteiger partial charge >= 0.3 is 0 Å². The fourth-order valence-electron chi connectivity index (χ4n) is 5.41. The van der Waals surface area contributed by atoms with E-state index in [4.69, 9.17) is 4.74 Å². The number of rotatable bonds is 6. The van der Waals surface area contributed by atoms with E-state index in [-0.39, 0.29) is 0 Å². The van der Waals surface area contributed by atoms with Crippen LogP contribution in [0.4, 0.5) is 0 Å². The number of aryl methyl sites for hydroxylation is 1. The number of piperidine rings is 1. The quantitative estimate of drug-likeness (QED) is 0.377. The Morgan fingerprint density at radius 3 is 2.56 bits per heavy atom. The molecule has 6 nitrogen and oxygen atoms in total. The van der Waals surface area contributed by atoms with Crippen LogP contribution in [0.3, 0.4) is 0 Å². The number of hydrogen-bond acceptors (Lipinski definition) is 4. The van der Waals surface area contributed by atoms with Crippen LogP contribution in [0.15, 0.2) is 30.7 Å². The molecule has 0 aliphatic carbocycles. The van der Waals surface area contributed by atoms with Gasteiger partial charge in [-0.15, -0.1) is 10.2 Å². The van der Waals surface area contributed by atoms with Crippen molar-refractivity contribution < 1.29 is 4.74 Å². The summed E-state index contributed by atoms with van der Waals surface area (Å²) in [5.41, 5.74) is 8.17. The average Bonchev–Trinajstić information content (AvgIpc) is 3.44. The van der Waals surface area contributed by atoms with Crippen molar-refractivity contribution >= 4 is 16.6 Å². The highest BCUT2D eigenvalue weighted by molar-refractivity contribution is 5.93. The van der Waals surface area contributed by atoms with E-state index < -0.39 is 0 Å². The molecule has 6 heteroatoms. The van der Waals surface area contributed by atoms with Gasteiger partial charge in [0.25, 0.3) is 0 Å². The van der Waals surface area contributed by atoms with E-state index in [9.17, 15) is 0 Å². The van der Waals surface area contributed by atoms with E-state index >= 15 is 0 Å². The lowest BCUT2D eigenvalue weighted by Gasteiger charge is -2.34. The van der Waals surface area contributed by atoms with Crippen molar-refractivity contribution in [3.63, 3.8) is 0 Å². The van der Waals surface area contributed by atoms with Gasteiger partial charge in [-0.3, -0.25) is 4.40 Å². The zero-order valence-electron chi connectivity index (χ0n) is 21.4. The van der Waals surface area contributed by atoms with E-state index in [2.05, 4.69) is 86.0 Å². The van der Waals surface area contributed by atoms with Gasteiger partial charge in [0, 0.05) is 28.7 Å². The predicted octanol–water partition coefficient (Wildman–Crippen LogP) is 6.12. The van der Waals surface area contributed by atoms with Crippen LogP contribution in [0, 0.1) is 19.8 Å². The number of fused-ring (bicyclic) bond motifs is 2. The lowest BCUT2D eigenvalue weighted by molar-refractivity contribution is 0.119. The van der Waals surface area contributed by atoms with Crippen molar-refractivity contribution in [1.82, 2.24) is 24.5 Å². The topological polar surface area (TPSA) is 58.5 Å². The Labute approximate surface area is 202 Å². The maximum Gasteiger partial charge on any atom is 0.163 e. The van der Waals surface area contributed by atoms with Crippen LogP contribution in [0.5, 0.6) is 5.75 Å². The summed E-state index contributed by atoms with van der Waals surface area (Å²) < 4.78 is 8.36. The molecular weight excluding hydrogens is 422 g/mol. The van der Waals surface area contributed by atoms with Crippen LogP contribution in [0.1, 0.15) is 63.1 Å². The molecule has 0 saturated carbocycles. The Morgan fingerprint density at radius 2 is 1.85 bits per heavy atom. The summed E-state index contributed by atoms with van der Waals surface area (Å²) in [7, 11) is 0. The molecule has 5 rings (SSSR count). The number of aromatic nitrogens is 4. The summed E-state index contributed by atoms with van der Waals surface area (Å²) in [6.45, 7) is 16.6. The Hall–Kier alpha value is -2.86. The summed E-state index contributed by atoms with van der Waals surface area (Å²) in [5, 5.41) is 9.63. The highest BCUT2D eigenvalue weighted by Crippen LogP contribution is 2.39. The summed E-state index contributed by atoms with van der Waals surface area (Å²) in [4.78, 5) is 6.29. The van der Waals surface area contributed by atoms with Crippen LogP contribution in [0.2, 0.25) is 0 Å². The number of H-pyrrole nitrogens is 1. The van der Waals surface area contributed by atoms with Gasteiger partial charge in [-0.1, -0.05) is 13.8 Å². The first kappa shape index (κ1) is 22.9. The minimum atomic E-state index is 0.371. The highest BCUT2D eigenvalue weighted by Gasteiger charge is 2.22. The average molecular weight is 460 g/mol. The Morgan fingerprint density at radius 1 is 1.09 bits per heavy atom. The van der Waals surface area contributed by atoms with Crippen LogP contribution in [-0.4, -0.2) is 50.2 Å². The molecule has 1 saturated heterocycles. The van der Waals surface area contributed by atoms with Gasteiger partial charge in [-0.2, -0.15) is 0 Å². The van der Waals surface area contributed by atoms with E-state index in [0.29, 0.717) is 17.9 Å². The van der Waals surface area contributed by atoms with Gasteiger partial charge < -0.3 is 14.6 Å². The van der Waals surface area contributed by atoms with Gasteiger partial charge in [0.05, 0.1) is 12.3 Å². The number of benzene rings is 1. The molecule has 1 fully saturated rings. The zero-order valence-corrected chi connectivity index (χ0v) is 21.4. The first-order valence-corrected chi connectivity index (χ1v) is 12.7. The lowest BCUT2D eigenvalue weighted by Crippen LogP contribution is -2.39. The smallest absolute Gasteiger partial charge is 0.163 e. The standard InChI is InChI=1S/C28H37N5O/c1-17(2)26-23-13-22(34-15-21-9-11-32(12-10-21)18(3)4)7-8-25(23)30-27(26)24-14-33-16-29-31-28(33)20(6)19(24)5/h7-8,13-14,16-18,21,30H,9-12,15H2,1-6H3. The van der Waals surface area contributed by atoms with Gasteiger partial charge in [-0.05, 0) is 100 Å². The molecule has 0 bridgehead atoms. The second-order valence-electron chi connectivity index (χ2n) is 10.5. The third kappa shape index (κ3) is 4.09. The summed E-state index contributed by atoms with van der Waals surface area (Å²) in [6.07, 6.45) is 6.36. The fourth-order valence-corrected chi connectivity index (χ4v) is 5.41. The van der Waals surface area contributed by atoms with E-state index in [0.717, 1.165) is 29.1 Å². The molecule has 1 N–H and O–H groups in total. The van der Waals surface area contributed by atoms with Crippen molar-refractivity contribution in [2.24, 2.45) is 5.92 Å². The minimum absolute atomic E-state index is 0.371.